The van der Waals surface area contributed by atoms with E-state index in [9.17, 15) is 4.79 Å². The van der Waals surface area contributed by atoms with E-state index in [-0.39, 0.29) is 5.91 Å². The molecule has 1 aromatic heterocycles. The number of anilines is 1. The van der Waals surface area contributed by atoms with Crippen LogP contribution in [-0.4, -0.2) is 39.9 Å². The second kappa shape index (κ2) is 7.12. The number of nitriles is 1. The lowest BCUT2D eigenvalue weighted by Crippen LogP contribution is -2.33. The summed E-state index contributed by atoms with van der Waals surface area (Å²) in [6, 6.07) is 9.42. The molecule has 0 radical (unpaired) electrons. The molecule has 0 saturated heterocycles. The third-order valence-corrected chi connectivity index (χ3v) is 5.28. The monoisotopic (exact) mass is 347 g/mol. The lowest BCUT2D eigenvalue weighted by molar-refractivity contribution is 0.0763. The average Bonchev–Trinajstić information content (AvgIpc) is 2.87. The van der Waals surface area contributed by atoms with Gasteiger partial charge in [0.2, 0.25) is 0 Å². The molecule has 1 fully saturated rings. The molecule has 1 N–H and O–H groups in total. The summed E-state index contributed by atoms with van der Waals surface area (Å²) in [4.78, 5) is 23.6. The zero-order chi connectivity index (χ0) is 17.9. The quantitative estimate of drug-likeness (QED) is 0.923. The van der Waals surface area contributed by atoms with Gasteiger partial charge in [-0.3, -0.25) is 4.79 Å². The fourth-order valence-corrected chi connectivity index (χ4v) is 3.47. The Kier molecular flexibility index (Phi) is 4.53. The molecule has 1 amide bonds. The number of carbonyl (C=O) groups is 1. The van der Waals surface area contributed by atoms with Gasteiger partial charge < -0.3 is 10.2 Å². The van der Waals surface area contributed by atoms with Crippen LogP contribution in [0.5, 0.6) is 0 Å². The summed E-state index contributed by atoms with van der Waals surface area (Å²) >= 11 is 0. The van der Waals surface area contributed by atoms with Crippen LogP contribution in [0.25, 0.3) is 0 Å². The van der Waals surface area contributed by atoms with E-state index in [4.69, 9.17) is 5.26 Å². The molecule has 0 unspecified atom stereocenters. The van der Waals surface area contributed by atoms with Crippen LogP contribution in [0.2, 0.25) is 0 Å². The number of nitrogens with zero attached hydrogens (tertiary/aromatic N) is 4. The molecule has 0 atom stereocenters. The van der Waals surface area contributed by atoms with Crippen molar-refractivity contribution in [3.05, 3.63) is 53.0 Å². The van der Waals surface area contributed by atoms with Crippen molar-refractivity contribution in [3.63, 3.8) is 0 Å². The first-order chi connectivity index (χ1) is 12.7. The molecule has 1 aromatic carbocycles. The van der Waals surface area contributed by atoms with Crippen molar-refractivity contribution in [2.45, 2.75) is 38.1 Å². The molecule has 0 spiro atoms. The summed E-state index contributed by atoms with van der Waals surface area (Å²) in [5.41, 5.74) is 3.37. The Hall–Kier alpha value is -2.94. The van der Waals surface area contributed by atoms with E-state index < -0.39 is 0 Å². The van der Waals surface area contributed by atoms with Crippen LogP contribution in [0, 0.1) is 11.3 Å². The van der Waals surface area contributed by atoms with Gasteiger partial charge in [-0.25, -0.2) is 9.97 Å². The van der Waals surface area contributed by atoms with Gasteiger partial charge in [0.15, 0.2) is 0 Å². The third kappa shape index (κ3) is 3.25. The highest BCUT2D eigenvalue weighted by Gasteiger charge is 2.24. The first kappa shape index (κ1) is 16.5. The molecule has 132 valence electrons. The van der Waals surface area contributed by atoms with Gasteiger partial charge in [0.05, 0.1) is 17.3 Å². The Morgan fingerprint density at radius 2 is 1.92 bits per heavy atom. The molecule has 6 heteroatoms. The summed E-state index contributed by atoms with van der Waals surface area (Å²) in [6.45, 7) is 1.30. The average molecular weight is 347 g/mol. The molecule has 1 saturated carbocycles. The number of amides is 1. The Morgan fingerprint density at radius 3 is 2.62 bits per heavy atom. The maximum absolute atomic E-state index is 12.8. The zero-order valence-electron chi connectivity index (χ0n) is 14.6. The Bertz CT molecular complexity index is 851. The summed E-state index contributed by atoms with van der Waals surface area (Å²) in [5.74, 6) is 0.941. The van der Waals surface area contributed by atoms with Crippen molar-refractivity contribution in [2.24, 2.45) is 0 Å². The number of hydrogen-bond acceptors (Lipinski definition) is 5. The third-order valence-electron chi connectivity index (χ3n) is 5.28. The summed E-state index contributed by atoms with van der Waals surface area (Å²) in [5, 5.41) is 12.4. The molecule has 26 heavy (non-hydrogen) atoms. The highest BCUT2D eigenvalue weighted by molar-refractivity contribution is 5.94. The van der Waals surface area contributed by atoms with E-state index in [2.05, 4.69) is 21.4 Å². The molecule has 2 heterocycles. The molecule has 1 aliphatic carbocycles. The molecular formula is C20H21N5O. The SMILES string of the molecule is N#Cc1ccc(C(=O)N2CCc3ncnc(NC4CCC4)c3CC2)cc1. The molecular weight excluding hydrogens is 326 g/mol. The van der Waals surface area contributed by atoms with E-state index in [0.29, 0.717) is 30.3 Å². The van der Waals surface area contributed by atoms with Crippen molar-refractivity contribution < 1.29 is 4.79 Å². The molecule has 1 aliphatic heterocycles. The van der Waals surface area contributed by atoms with Crippen LogP contribution in [0.4, 0.5) is 5.82 Å². The molecule has 4 rings (SSSR count). The molecule has 2 aliphatic rings. The van der Waals surface area contributed by atoms with Gasteiger partial charge in [0, 0.05) is 36.7 Å². The van der Waals surface area contributed by atoms with Crippen LogP contribution < -0.4 is 5.32 Å². The topological polar surface area (TPSA) is 81.9 Å². The molecule has 6 nitrogen and oxygen atoms in total. The number of fused-ring (bicyclic) bond motifs is 1. The fraction of sp³-hybridized carbons (Fsp3) is 0.400. The van der Waals surface area contributed by atoms with Crippen LogP contribution in [-0.2, 0) is 12.8 Å². The smallest absolute Gasteiger partial charge is 0.253 e. The number of hydrogen-bond donors (Lipinski definition) is 1. The highest BCUT2D eigenvalue weighted by Crippen LogP contribution is 2.26. The van der Waals surface area contributed by atoms with Crippen LogP contribution in [0.1, 0.15) is 46.4 Å². The standard InChI is InChI=1S/C20H21N5O/c21-12-14-4-6-15(7-5-14)20(26)25-10-8-17-18(9-11-25)22-13-23-19(17)24-16-2-1-3-16/h4-7,13,16H,1-3,8-11H2,(H,22,23,24). The number of benzene rings is 1. The van der Waals surface area contributed by atoms with Crippen molar-refractivity contribution in [2.75, 3.05) is 18.4 Å². The Labute approximate surface area is 152 Å². The fourth-order valence-electron chi connectivity index (χ4n) is 3.47. The predicted octanol–water partition coefficient (Wildman–Crippen LogP) is 2.55. The van der Waals surface area contributed by atoms with Gasteiger partial charge in [-0.15, -0.1) is 0 Å². The molecule has 2 aromatic rings. The van der Waals surface area contributed by atoms with E-state index in [1.807, 2.05) is 4.90 Å². The predicted molar refractivity (Wildman–Crippen MR) is 97.8 cm³/mol. The number of aromatic nitrogens is 2. The maximum Gasteiger partial charge on any atom is 0.253 e. The largest absolute Gasteiger partial charge is 0.367 e. The lowest BCUT2D eigenvalue weighted by Gasteiger charge is -2.28. The van der Waals surface area contributed by atoms with Gasteiger partial charge in [-0.2, -0.15) is 5.26 Å². The van der Waals surface area contributed by atoms with Crippen molar-refractivity contribution in [1.29, 1.82) is 5.26 Å². The Morgan fingerprint density at radius 1 is 1.15 bits per heavy atom. The van der Waals surface area contributed by atoms with Crippen LogP contribution >= 0.6 is 0 Å². The van der Waals surface area contributed by atoms with E-state index in [0.717, 1.165) is 29.9 Å². The van der Waals surface area contributed by atoms with E-state index in [1.54, 1.807) is 30.6 Å². The molecule has 0 bridgehead atoms. The van der Waals surface area contributed by atoms with E-state index in [1.165, 1.54) is 19.3 Å². The summed E-state index contributed by atoms with van der Waals surface area (Å²) < 4.78 is 0. The van der Waals surface area contributed by atoms with Crippen LogP contribution in [0.3, 0.4) is 0 Å². The highest BCUT2D eigenvalue weighted by atomic mass is 16.2. The normalized spacial score (nSPS) is 16.8. The van der Waals surface area contributed by atoms with Gasteiger partial charge in [0.25, 0.3) is 5.91 Å². The second-order valence-corrected chi connectivity index (χ2v) is 6.90. The zero-order valence-corrected chi connectivity index (χ0v) is 14.6. The number of nitrogens with one attached hydrogen (secondary N) is 1. The number of rotatable bonds is 3. The van der Waals surface area contributed by atoms with Crippen molar-refractivity contribution in [1.82, 2.24) is 14.9 Å². The van der Waals surface area contributed by atoms with Gasteiger partial charge in [-0.1, -0.05) is 0 Å². The minimum atomic E-state index is 0.00348. The van der Waals surface area contributed by atoms with Crippen LogP contribution in [0.15, 0.2) is 30.6 Å². The first-order valence-corrected chi connectivity index (χ1v) is 9.13. The summed E-state index contributed by atoms with van der Waals surface area (Å²) in [6.07, 6.45) is 6.78. The minimum absolute atomic E-state index is 0.00348. The second-order valence-electron chi connectivity index (χ2n) is 6.90. The first-order valence-electron chi connectivity index (χ1n) is 9.13. The summed E-state index contributed by atoms with van der Waals surface area (Å²) in [7, 11) is 0. The van der Waals surface area contributed by atoms with Crippen molar-refractivity contribution >= 4 is 11.7 Å². The van der Waals surface area contributed by atoms with Crippen molar-refractivity contribution in [3.8, 4) is 6.07 Å². The van der Waals surface area contributed by atoms with Gasteiger partial charge in [0.1, 0.15) is 12.1 Å². The lowest BCUT2D eigenvalue weighted by atomic mass is 9.93. The Balaban J connectivity index is 1.49. The van der Waals surface area contributed by atoms with Gasteiger partial charge in [-0.05, 0) is 49.9 Å². The van der Waals surface area contributed by atoms with Gasteiger partial charge >= 0.3 is 0 Å². The minimum Gasteiger partial charge on any atom is -0.367 e. The number of carbonyl (C=O) groups excluding carboxylic acids is 1. The van der Waals surface area contributed by atoms with E-state index >= 15 is 0 Å². The maximum atomic E-state index is 12.8.